The zero-order valence-electron chi connectivity index (χ0n) is 9.52. The summed E-state index contributed by atoms with van der Waals surface area (Å²) in [7, 11) is 0. The predicted octanol–water partition coefficient (Wildman–Crippen LogP) is 1.15. The fourth-order valence-corrected chi connectivity index (χ4v) is 2.32. The lowest BCUT2D eigenvalue weighted by molar-refractivity contribution is 0.408. The molecule has 3 rings (SSSR count). The SMILES string of the molecule is c1cc(N2CCNCC2)nnc1C1CCC1. The first kappa shape index (κ1) is 10.0. The van der Waals surface area contributed by atoms with E-state index in [1.807, 2.05) is 0 Å². The van der Waals surface area contributed by atoms with E-state index in [0.717, 1.165) is 32.0 Å². The Morgan fingerprint density at radius 3 is 2.50 bits per heavy atom. The van der Waals surface area contributed by atoms with Crippen LogP contribution in [0.5, 0.6) is 0 Å². The molecule has 0 radical (unpaired) electrons. The molecule has 2 heterocycles. The third-order valence-corrected chi connectivity index (χ3v) is 3.64. The molecule has 0 bridgehead atoms. The van der Waals surface area contributed by atoms with E-state index < -0.39 is 0 Å². The van der Waals surface area contributed by atoms with Crippen LogP contribution in [0.2, 0.25) is 0 Å². The number of nitrogens with one attached hydrogen (secondary N) is 1. The number of hydrogen-bond donors (Lipinski definition) is 1. The van der Waals surface area contributed by atoms with E-state index >= 15 is 0 Å². The Hall–Kier alpha value is -1.16. The molecule has 86 valence electrons. The second kappa shape index (κ2) is 4.37. The van der Waals surface area contributed by atoms with Gasteiger partial charge in [0.05, 0.1) is 5.69 Å². The van der Waals surface area contributed by atoms with E-state index in [1.54, 1.807) is 0 Å². The number of hydrogen-bond acceptors (Lipinski definition) is 4. The van der Waals surface area contributed by atoms with Crippen LogP contribution in [0.3, 0.4) is 0 Å². The standard InChI is InChI=1S/C12H18N4/c1-2-10(3-1)11-4-5-12(15-14-11)16-8-6-13-7-9-16/h4-5,10,13H,1-3,6-9H2. The van der Waals surface area contributed by atoms with Crippen molar-refractivity contribution in [1.82, 2.24) is 15.5 Å². The summed E-state index contributed by atoms with van der Waals surface area (Å²) in [5.41, 5.74) is 1.19. The van der Waals surface area contributed by atoms with Crippen molar-refractivity contribution in [2.24, 2.45) is 0 Å². The average molecular weight is 218 g/mol. The lowest BCUT2D eigenvalue weighted by Gasteiger charge is -2.29. The van der Waals surface area contributed by atoms with E-state index in [-0.39, 0.29) is 0 Å². The van der Waals surface area contributed by atoms with E-state index in [0.29, 0.717) is 5.92 Å². The molecule has 0 atom stereocenters. The van der Waals surface area contributed by atoms with E-state index in [9.17, 15) is 0 Å². The fourth-order valence-electron chi connectivity index (χ4n) is 2.32. The van der Waals surface area contributed by atoms with Gasteiger partial charge in [-0.05, 0) is 25.0 Å². The van der Waals surface area contributed by atoms with E-state index in [4.69, 9.17) is 0 Å². The Labute approximate surface area is 96.1 Å². The Morgan fingerprint density at radius 1 is 1.12 bits per heavy atom. The van der Waals surface area contributed by atoms with Gasteiger partial charge in [-0.1, -0.05) is 6.42 Å². The van der Waals surface area contributed by atoms with Gasteiger partial charge in [0.1, 0.15) is 0 Å². The molecular formula is C12H18N4. The number of piperazine rings is 1. The number of anilines is 1. The molecule has 4 nitrogen and oxygen atoms in total. The van der Waals surface area contributed by atoms with Crippen molar-refractivity contribution in [2.45, 2.75) is 25.2 Å². The third kappa shape index (κ3) is 1.89. The average Bonchev–Trinajstić information content (AvgIpc) is 2.29. The van der Waals surface area contributed by atoms with Gasteiger partial charge in [-0.15, -0.1) is 5.10 Å². The molecule has 0 amide bonds. The number of aromatic nitrogens is 2. The smallest absolute Gasteiger partial charge is 0.151 e. The van der Waals surface area contributed by atoms with Gasteiger partial charge in [-0.2, -0.15) is 5.10 Å². The van der Waals surface area contributed by atoms with Gasteiger partial charge in [-0.25, -0.2) is 0 Å². The van der Waals surface area contributed by atoms with Crippen LogP contribution in [0.4, 0.5) is 5.82 Å². The van der Waals surface area contributed by atoms with Crippen molar-refractivity contribution in [3.63, 3.8) is 0 Å². The van der Waals surface area contributed by atoms with Crippen molar-refractivity contribution < 1.29 is 0 Å². The minimum Gasteiger partial charge on any atom is -0.353 e. The summed E-state index contributed by atoms with van der Waals surface area (Å²) in [4.78, 5) is 2.30. The summed E-state index contributed by atoms with van der Waals surface area (Å²) in [5.74, 6) is 1.72. The van der Waals surface area contributed by atoms with Crippen LogP contribution in [-0.2, 0) is 0 Å². The molecule has 16 heavy (non-hydrogen) atoms. The van der Waals surface area contributed by atoms with Gasteiger partial charge in [0, 0.05) is 32.1 Å². The predicted molar refractivity (Wildman–Crippen MR) is 63.7 cm³/mol. The van der Waals surface area contributed by atoms with Crippen molar-refractivity contribution in [2.75, 3.05) is 31.1 Å². The normalized spacial score (nSPS) is 21.9. The molecule has 0 unspecified atom stereocenters. The Bertz CT molecular complexity index is 339. The van der Waals surface area contributed by atoms with Gasteiger partial charge in [0.25, 0.3) is 0 Å². The topological polar surface area (TPSA) is 41.0 Å². The highest BCUT2D eigenvalue weighted by molar-refractivity contribution is 5.38. The minimum atomic E-state index is 0.685. The summed E-state index contributed by atoms with van der Waals surface area (Å²) in [6.07, 6.45) is 3.94. The van der Waals surface area contributed by atoms with Crippen molar-refractivity contribution in [1.29, 1.82) is 0 Å². The molecule has 2 aliphatic rings. The molecular weight excluding hydrogens is 200 g/mol. The second-order valence-electron chi connectivity index (χ2n) is 4.68. The van der Waals surface area contributed by atoms with Crippen molar-refractivity contribution >= 4 is 5.82 Å². The summed E-state index contributed by atoms with van der Waals surface area (Å²) < 4.78 is 0. The third-order valence-electron chi connectivity index (χ3n) is 3.64. The molecule has 1 saturated heterocycles. The number of nitrogens with zero attached hydrogens (tertiary/aromatic N) is 3. The lowest BCUT2D eigenvalue weighted by atomic mass is 9.83. The molecule has 0 spiro atoms. The van der Waals surface area contributed by atoms with Gasteiger partial charge in [-0.3, -0.25) is 0 Å². The molecule has 1 N–H and O–H groups in total. The first-order valence-corrected chi connectivity index (χ1v) is 6.23. The van der Waals surface area contributed by atoms with Crippen LogP contribution in [0.1, 0.15) is 30.9 Å². The quantitative estimate of drug-likeness (QED) is 0.808. The van der Waals surface area contributed by atoms with E-state index in [1.165, 1.54) is 25.0 Å². The minimum absolute atomic E-state index is 0.685. The summed E-state index contributed by atoms with van der Waals surface area (Å²) in [5, 5.41) is 12.1. The second-order valence-corrected chi connectivity index (χ2v) is 4.68. The molecule has 1 aromatic rings. The van der Waals surface area contributed by atoms with Gasteiger partial charge < -0.3 is 10.2 Å². The van der Waals surface area contributed by atoms with Gasteiger partial charge in [0.15, 0.2) is 5.82 Å². The van der Waals surface area contributed by atoms with Crippen LogP contribution < -0.4 is 10.2 Å². The molecule has 4 heteroatoms. The summed E-state index contributed by atoms with van der Waals surface area (Å²) in [6.45, 7) is 4.17. The van der Waals surface area contributed by atoms with Crippen LogP contribution in [-0.4, -0.2) is 36.4 Å². The first-order valence-electron chi connectivity index (χ1n) is 6.23. The maximum atomic E-state index is 4.36. The molecule has 1 saturated carbocycles. The Morgan fingerprint density at radius 2 is 1.94 bits per heavy atom. The molecule has 1 aliphatic carbocycles. The molecule has 2 fully saturated rings. The zero-order chi connectivity index (χ0) is 10.8. The maximum absolute atomic E-state index is 4.36. The largest absolute Gasteiger partial charge is 0.353 e. The highest BCUT2D eigenvalue weighted by Gasteiger charge is 2.21. The van der Waals surface area contributed by atoms with Crippen LogP contribution in [0, 0.1) is 0 Å². The summed E-state index contributed by atoms with van der Waals surface area (Å²) in [6, 6.07) is 4.29. The highest BCUT2D eigenvalue weighted by Crippen LogP contribution is 2.35. The first-order chi connectivity index (χ1) is 7.93. The molecule has 1 aromatic heterocycles. The van der Waals surface area contributed by atoms with Crippen LogP contribution >= 0.6 is 0 Å². The lowest BCUT2D eigenvalue weighted by Crippen LogP contribution is -2.44. The number of rotatable bonds is 2. The van der Waals surface area contributed by atoms with Crippen LogP contribution in [0.25, 0.3) is 0 Å². The summed E-state index contributed by atoms with van der Waals surface area (Å²) >= 11 is 0. The highest BCUT2D eigenvalue weighted by atomic mass is 15.3. The Kier molecular flexibility index (Phi) is 2.74. The maximum Gasteiger partial charge on any atom is 0.151 e. The fraction of sp³-hybridized carbons (Fsp3) is 0.667. The van der Waals surface area contributed by atoms with Gasteiger partial charge >= 0.3 is 0 Å². The molecule has 1 aliphatic heterocycles. The molecule has 0 aromatic carbocycles. The Balaban J connectivity index is 1.70. The van der Waals surface area contributed by atoms with Crippen LogP contribution in [0.15, 0.2) is 12.1 Å². The van der Waals surface area contributed by atoms with Crippen molar-refractivity contribution in [3.05, 3.63) is 17.8 Å². The zero-order valence-corrected chi connectivity index (χ0v) is 9.52. The van der Waals surface area contributed by atoms with Crippen molar-refractivity contribution in [3.8, 4) is 0 Å². The van der Waals surface area contributed by atoms with E-state index in [2.05, 4.69) is 32.5 Å². The monoisotopic (exact) mass is 218 g/mol. The van der Waals surface area contributed by atoms with Gasteiger partial charge in [0.2, 0.25) is 0 Å².